The smallest absolute Gasteiger partial charge is 0.0794 e. The zero-order valence-electron chi connectivity index (χ0n) is 9.28. The van der Waals surface area contributed by atoms with Crippen LogP contribution in [0.25, 0.3) is 0 Å². The number of benzene rings is 1. The van der Waals surface area contributed by atoms with Crippen LogP contribution in [0, 0.1) is 0 Å². The highest BCUT2D eigenvalue weighted by atomic mass is 35.5. The summed E-state index contributed by atoms with van der Waals surface area (Å²) in [5.41, 5.74) is 2.89. The first-order chi connectivity index (χ1) is 8.16. The summed E-state index contributed by atoms with van der Waals surface area (Å²) in [4.78, 5) is 5.25. The summed E-state index contributed by atoms with van der Waals surface area (Å²) < 4.78 is 0. The van der Waals surface area contributed by atoms with E-state index >= 15 is 0 Å². The van der Waals surface area contributed by atoms with Gasteiger partial charge in [0.25, 0.3) is 0 Å². The summed E-state index contributed by atoms with van der Waals surface area (Å²) in [6.45, 7) is 2.88. The average Bonchev–Trinajstić information content (AvgIpc) is 2.78. The quantitative estimate of drug-likeness (QED) is 0.906. The highest BCUT2D eigenvalue weighted by Crippen LogP contribution is 2.26. The SMILES string of the molecule is C[C@H](NCc1cncs1)c1ccc(Cl)cc1Cl. The van der Waals surface area contributed by atoms with Crippen molar-refractivity contribution in [3.63, 3.8) is 0 Å². The van der Waals surface area contributed by atoms with Crippen LogP contribution < -0.4 is 5.32 Å². The molecule has 0 aliphatic heterocycles. The molecule has 0 fully saturated rings. The van der Waals surface area contributed by atoms with Crippen molar-refractivity contribution in [2.24, 2.45) is 0 Å². The minimum absolute atomic E-state index is 0.182. The van der Waals surface area contributed by atoms with Crippen LogP contribution in [0.3, 0.4) is 0 Å². The van der Waals surface area contributed by atoms with Gasteiger partial charge in [0, 0.05) is 33.7 Å². The van der Waals surface area contributed by atoms with Crippen LogP contribution in [0.2, 0.25) is 10.0 Å². The van der Waals surface area contributed by atoms with Crippen molar-refractivity contribution in [1.82, 2.24) is 10.3 Å². The number of hydrogen-bond acceptors (Lipinski definition) is 3. The van der Waals surface area contributed by atoms with Crippen LogP contribution in [0.1, 0.15) is 23.4 Å². The van der Waals surface area contributed by atoms with Crippen LogP contribution >= 0.6 is 34.5 Å². The molecule has 17 heavy (non-hydrogen) atoms. The molecule has 5 heteroatoms. The first kappa shape index (κ1) is 12.8. The molecular formula is C12H12Cl2N2S. The van der Waals surface area contributed by atoms with Crippen LogP contribution in [0.15, 0.2) is 29.9 Å². The number of rotatable bonds is 4. The Hall–Kier alpha value is -0.610. The zero-order chi connectivity index (χ0) is 12.3. The van der Waals surface area contributed by atoms with Crippen LogP contribution in [0.4, 0.5) is 0 Å². The number of nitrogens with one attached hydrogen (secondary N) is 1. The van der Waals surface area contributed by atoms with E-state index in [9.17, 15) is 0 Å². The Balaban J connectivity index is 2.01. The molecule has 0 aliphatic carbocycles. The summed E-state index contributed by atoms with van der Waals surface area (Å²) in [7, 11) is 0. The van der Waals surface area contributed by atoms with Crippen LogP contribution in [-0.2, 0) is 6.54 Å². The Bertz CT molecular complexity index is 485. The van der Waals surface area contributed by atoms with Crippen molar-refractivity contribution in [2.75, 3.05) is 0 Å². The van der Waals surface area contributed by atoms with E-state index in [0.717, 1.165) is 12.1 Å². The molecule has 1 aromatic heterocycles. The highest BCUT2D eigenvalue weighted by Gasteiger charge is 2.09. The van der Waals surface area contributed by atoms with Gasteiger partial charge in [0.15, 0.2) is 0 Å². The average molecular weight is 287 g/mol. The molecule has 1 N–H and O–H groups in total. The van der Waals surface area contributed by atoms with E-state index in [1.807, 2.05) is 23.8 Å². The molecule has 0 bridgehead atoms. The maximum absolute atomic E-state index is 6.15. The van der Waals surface area contributed by atoms with Crippen molar-refractivity contribution in [2.45, 2.75) is 19.5 Å². The third-order valence-electron chi connectivity index (χ3n) is 2.49. The lowest BCUT2D eigenvalue weighted by atomic mass is 10.1. The van der Waals surface area contributed by atoms with Gasteiger partial charge in [-0.3, -0.25) is 4.98 Å². The van der Waals surface area contributed by atoms with Crippen molar-refractivity contribution in [3.8, 4) is 0 Å². The molecule has 1 heterocycles. The van der Waals surface area contributed by atoms with Gasteiger partial charge >= 0.3 is 0 Å². The number of thiazole rings is 1. The number of aromatic nitrogens is 1. The number of halogens is 2. The molecule has 1 atom stereocenters. The third-order valence-corrected chi connectivity index (χ3v) is 3.84. The molecule has 0 saturated carbocycles. The monoisotopic (exact) mass is 286 g/mol. The Labute approximate surface area is 115 Å². The van der Waals surface area contributed by atoms with Gasteiger partial charge in [0.2, 0.25) is 0 Å². The summed E-state index contributed by atoms with van der Waals surface area (Å²) in [6, 6.07) is 5.76. The van der Waals surface area contributed by atoms with Gasteiger partial charge in [-0.2, -0.15) is 0 Å². The fourth-order valence-corrected chi connectivity index (χ4v) is 2.66. The summed E-state index contributed by atoms with van der Waals surface area (Å²) in [5.74, 6) is 0. The van der Waals surface area contributed by atoms with Crippen molar-refractivity contribution in [1.29, 1.82) is 0 Å². The normalized spacial score (nSPS) is 12.6. The Kier molecular flexibility index (Phi) is 4.40. The van der Waals surface area contributed by atoms with Crippen LogP contribution in [0.5, 0.6) is 0 Å². The fraction of sp³-hybridized carbons (Fsp3) is 0.250. The van der Waals surface area contributed by atoms with Gasteiger partial charge in [0.1, 0.15) is 0 Å². The molecule has 0 radical (unpaired) electrons. The molecule has 2 nitrogen and oxygen atoms in total. The second-order valence-corrected chi connectivity index (χ2v) is 5.55. The molecule has 0 unspecified atom stereocenters. The molecule has 2 aromatic rings. The van der Waals surface area contributed by atoms with Gasteiger partial charge in [-0.1, -0.05) is 29.3 Å². The lowest BCUT2D eigenvalue weighted by molar-refractivity contribution is 0.578. The molecule has 0 spiro atoms. The van der Waals surface area contributed by atoms with E-state index in [1.54, 1.807) is 17.4 Å². The molecule has 0 aliphatic rings. The molecule has 0 saturated heterocycles. The van der Waals surface area contributed by atoms with Gasteiger partial charge in [-0.15, -0.1) is 11.3 Å². The molecular weight excluding hydrogens is 275 g/mol. The third kappa shape index (κ3) is 3.42. The Morgan fingerprint density at radius 3 is 2.88 bits per heavy atom. The molecule has 1 aromatic carbocycles. The maximum Gasteiger partial charge on any atom is 0.0794 e. The van der Waals surface area contributed by atoms with Gasteiger partial charge in [-0.05, 0) is 24.6 Å². The van der Waals surface area contributed by atoms with Gasteiger partial charge < -0.3 is 5.32 Å². The lowest BCUT2D eigenvalue weighted by Gasteiger charge is -2.15. The Morgan fingerprint density at radius 1 is 1.41 bits per heavy atom. The van der Waals surface area contributed by atoms with E-state index in [0.29, 0.717) is 10.0 Å². The fourth-order valence-electron chi connectivity index (χ4n) is 1.55. The lowest BCUT2D eigenvalue weighted by Crippen LogP contribution is -2.17. The Morgan fingerprint density at radius 2 is 2.24 bits per heavy atom. The van der Waals surface area contributed by atoms with E-state index in [2.05, 4.69) is 17.2 Å². The summed E-state index contributed by atoms with van der Waals surface area (Å²) in [5, 5.41) is 4.76. The van der Waals surface area contributed by atoms with Crippen molar-refractivity contribution >= 4 is 34.5 Å². The van der Waals surface area contributed by atoms with Gasteiger partial charge in [0.05, 0.1) is 5.51 Å². The minimum Gasteiger partial charge on any atom is -0.305 e. The number of hydrogen-bond donors (Lipinski definition) is 1. The standard InChI is InChI=1S/C12H12Cl2N2S/c1-8(16-6-10-5-15-7-17-10)11-3-2-9(13)4-12(11)14/h2-5,7-8,16H,6H2,1H3/t8-/m0/s1. The molecule has 90 valence electrons. The van der Waals surface area contributed by atoms with E-state index in [1.165, 1.54) is 4.88 Å². The van der Waals surface area contributed by atoms with Crippen LogP contribution in [-0.4, -0.2) is 4.98 Å². The van der Waals surface area contributed by atoms with E-state index < -0.39 is 0 Å². The predicted molar refractivity (Wildman–Crippen MR) is 73.8 cm³/mol. The molecule has 2 rings (SSSR count). The first-order valence-electron chi connectivity index (χ1n) is 5.22. The van der Waals surface area contributed by atoms with Gasteiger partial charge in [-0.25, -0.2) is 0 Å². The minimum atomic E-state index is 0.182. The summed E-state index contributed by atoms with van der Waals surface area (Å²) in [6.07, 6.45) is 1.87. The largest absolute Gasteiger partial charge is 0.305 e. The van der Waals surface area contributed by atoms with Crippen molar-refractivity contribution < 1.29 is 0 Å². The number of nitrogens with zero attached hydrogens (tertiary/aromatic N) is 1. The van der Waals surface area contributed by atoms with E-state index in [4.69, 9.17) is 23.2 Å². The first-order valence-corrected chi connectivity index (χ1v) is 6.86. The highest BCUT2D eigenvalue weighted by molar-refractivity contribution is 7.09. The topological polar surface area (TPSA) is 24.9 Å². The summed E-state index contributed by atoms with van der Waals surface area (Å²) >= 11 is 13.7. The maximum atomic E-state index is 6.15. The van der Waals surface area contributed by atoms with Crippen molar-refractivity contribution in [3.05, 3.63) is 50.4 Å². The second kappa shape index (κ2) is 5.83. The molecule has 0 amide bonds. The second-order valence-electron chi connectivity index (χ2n) is 3.74. The van der Waals surface area contributed by atoms with E-state index in [-0.39, 0.29) is 6.04 Å². The predicted octanol–water partition coefficient (Wildman–Crippen LogP) is 4.30. The zero-order valence-corrected chi connectivity index (χ0v) is 11.6.